The molecule has 0 saturated carbocycles. The Labute approximate surface area is 187 Å². The number of nitrogens with one attached hydrogen (secondary N) is 1. The topological polar surface area (TPSA) is 44.5 Å². The predicted molar refractivity (Wildman–Crippen MR) is 124 cm³/mol. The normalized spacial score (nSPS) is 18.8. The van der Waals surface area contributed by atoms with Crippen molar-refractivity contribution in [2.75, 3.05) is 27.2 Å². The first kappa shape index (κ1) is 20.8. The van der Waals surface area contributed by atoms with E-state index < -0.39 is 0 Å². The Morgan fingerprint density at radius 2 is 1.93 bits per heavy atom. The van der Waals surface area contributed by atoms with E-state index >= 15 is 0 Å². The van der Waals surface area contributed by atoms with Crippen LogP contribution in [-0.2, 0) is 0 Å². The fraction of sp³-hybridized carbons (Fsp3) is 0.304. The second-order valence-electron chi connectivity index (χ2n) is 7.69. The van der Waals surface area contributed by atoms with Gasteiger partial charge in [-0.3, -0.25) is 4.98 Å². The van der Waals surface area contributed by atoms with Crippen LogP contribution >= 0.6 is 23.8 Å². The van der Waals surface area contributed by atoms with Crippen molar-refractivity contribution in [2.24, 2.45) is 0 Å². The third-order valence-electron chi connectivity index (χ3n) is 5.25. The highest BCUT2D eigenvalue weighted by Gasteiger charge is 2.41. The van der Waals surface area contributed by atoms with Crippen molar-refractivity contribution in [3.63, 3.8) is 0 Å². The van der Waals surface area contributed by atoms with Crippen LogP contribution in [0.15, 0.2) is 65.2 Å². The highest BCUT2D eigenvalue weighted by molar-refractivity contribution is 7.80. The molecule has 30 heavy (non-hydrogen) atoms. The lowest BCUT2D eigenvalue weighted by Gasteiger charge is -2.26. The summed E-state index contributed by atoms with van der Waals surface area (Å²) in [5.74, 6) is 1.68. The van der Waals surface area contributed by atoms with Gasteiger partial charge in [-0.25, -0.2) is 0 Å². The summed E-state index contributed by atoms with van der Waals surface area (Å²) < 4.78 is 6.33. The van der Waals surface area contributed by atoms with Crippen LogP contribution in [0, 0.1) is 0 Å². The number of rotatable bonds is 7. The largest absolute Gasteiger partial charge is 0.459 e. The zero-order valence-electron chi connectivity index (χ0n) is 17.1. The van der Waals surface area contributed by atoms with Crippen LogP contribution in [0.5, 0.6) is 0 Å². The summed E-state index contributed by atoms with van der Waals surface area (Å²) in [6.07, 6.45) is 2.82. The zero-order valence-corrected chi connectivity index (χ0v) is 18.7. The predicted octanol–water partition coefficient (Wildman–Crippen LogP) is 4.92. The molecule has 1 aromatic carbocycles. The molecule has 1 fully saturated rings. The molecular formula is C23H25ClN4OS. The molecule has 3 heterocycles. The van der Waals surface area contributed by atoms with Gasteiger partial charge in [0.25, 0.3) is 0 Å². The van der Waals surface area contributed by atoms with E-state index in [1.807, 2.05) is 60.8 Å². The Morgan fingerprint density at radius 1 is 1.13 bits per heavy atom. The minimum Gasteiger partial charge on any atom is -0.459 e. The van der Waals surface area contributed by atoms with E-state index in [1.54, 1.807) is 0 Å². The van der Waals surface area contributed by atoms with Crippen molar-refractivity contribution in [3.8, 4) is 11.3 Å². The second kappa shape index (κ2) is 9.16. The summed E-state index contributed by atoms with van der Waals surface area (Å²) in [6, 6.07) is 17.5. The number of pyridine rings is 1. The molecule has 0 amide bonds. The Morgan fingerprint density at radius 3 is 2.63 bits per heavy atom. The summed E-state index contributed by atoms with van der Waals surface area (Å²) in [7, 11) is 4.17. The van der Waals surface area contributed by atoms with Gasteiger partial charge in [0.2, 0.25) is 0 Å². The standard InChI is InChI=1S/C23H25ClN4OS/c1-27(2)14-5-15-28-22(21(26-23(28)30)18-6-3-4-13-25-18)20-12-11-19(29-20)16-7-9-17(24)10-8-16/h3-4,6-13,21-22H,5,14-15H2,1-2H3,(H,26,30). The lowest BCUT2D eigenvalue weighted by molar-refractivity contribution is 0.261. The maximum absolute atomic E-state index is 6.33. The van der Waals surface area contributed by atoms with E-state index in [2.05, 4.69) is 34.2 Å². The van der Waals surface area contributed by atoms with Crippen LogP contribution in [-0.4, -0.2) is 47.1 Å². The second-order valence-corrected chi connectivity index (χ2v) is 8.51. The zero-order chi connectivity index (χ0) is 21.1. The van der Waals surface area contributed by atoms with Gasteiger partial charge in [0.1, 0.15) is 17.6 Å². The van der Waals surface area contributed by atoms with Crippen LogP contribution in [0.4, 0.5) is 0 Å². The van der Waals surface area contributed by atoms with E-state index in [1.165, 1.54) is 0 Å². The van der Waals surface area contributed by atoms with E-state index in [9.17, 15) is 0 Å². The first-order valence-corrected chi connectivity index (χ1v) is 10.8. The van der Waals surface area contributed by atoms with Gasteiger partial charge in [-0.05, 0) is 87.8 Å². The van der Waals surface area contributed by atoms with Gasteiger partial charge in [0, 0.05) is 23.3 Å². The van der Waals surface area contributed by atoms with Crippen LogP contribution in [0.25, 0.3) is 11.3 Å². The molecule has 3 aromatic rings. The fourth-order valence-electron chi connectivity index (χ4n) is 3.79. The van der Waals surface area contributed by atoms with Crippen LogP contribution in [0.1, 0.15) is 30.0 Å². The monoisotopic (exact) mass is 440 g/mol. The molecule has 5 nitrogen and oxygen atoms in total. The number of nitrogens with zero attached hydrogens (tertiary/aromatic N) is 3. The van der Waals surface area contributed by atoms with Gasteiger partial charge in [-0.1, -0.05) is 17.7 Å². The lowest BCUT2D eigenvalue weighted by Crippen LogP contribution is -2.32. The number of thiocarbonyl (C=S) groups is 1. The van der Waals surface area contributed by atoms with Gasteiger partial charge in [0.05, 0.1) is 11.7 Å². The number of halogens is 1. The van der Waals surface area contributed by atoms with E-state index in [0.717, 1.165) is 47.4 Å². The summed E-state index contributed by atoms with van der Waals surface area (Å²) in [5, 5.41) is 4.91. The number of benzene rings is 1. The van der Waals surface area contributed by atoms with Crippen LogP contribution < -0.4 is 5.32 Å². The maximum Gasteiger partial charge on any atom is 0.170 e. The minimum absolute atomic E-state index is 0.0596. The van der Waals surface area contributed by atoms with Crippen molar-refractivity contribution in [3.05, 3.63) is 77.3 Å². The van der Waals surface area contributed by atoms with Crippen molar-refractivity contribution in [2.45, 2.75) is 18.5 Å². The summed E-state index contributed by atoms with van der Waals surface area (Å²) >= 11 is 11.7. The SMILES string of the molecule is CN(C)CCCN1C(=S)NC(c2ccccn2)C1c1ccc(-c2ccc(Cl)cc2)o1. The van der Waals surface area contributed by atoms with Crippen molar-refractivity contribution in [1.29, 1.82) is 0 Å². The van der Waals surface area contributed by atoms with Crippen molar-refractivity contribution in [1.82, 2.24) is 20.1 Å². The molecule has 2 unspecified atom stereocenters. The molecular weight excluding hydrogens is 416 g/mol. The molecule has 0 radical (unpaired) electrons. The molecule has 2 aromatic heterocycles. The quantitative estimate of drug-likeness (QED) is 0.526. The summed E-state index contributed by atoms with van der Waals surface area (Å²) in [5.41, 5.74) is 1.94. The smallest absolute Gasteiger partial charge is 0.170 e. The van der Waals surface area contributed by atoms with Crippen molar-refractivity contribution < 1.29 is 4.42 Å². The Hall–Kier alpha value is -2.41. The maximum atomic E-state index is 6.33. The Balaban J connectivity index is 1.65. The number of furan rings is 1. The molecule has 1 aliphatic rings. The summed E-state index contributed by atoms with van der Waals surface area (Å²) in [4.78, 5) is 8.98. The molecule has 2 atom stereocenters. The molecule has 0 aliphatic carbocycles. The van der Waals surface area contributed by atoms with E-state index in [0.29, 0.717) is 5.02 Å². The first-order valence-electron chi connectivity index (χ1n) is 10.0. The van der Waals surface area contributed by atoms with Crippen LogP contribution in [0.2, 0.25) is 5.02 Å². The van der Waals surface area contributed by atoms with Gasteiger partial charge >= 0.3 is 0 Å². The average molecular weight is 441 g/mol. The Kier molecular flexibility index (Phi) is 6.37. The average Bonchev–Trinajstić information content (AvgIpc) is 3.34. The molecule has 0 spiro atoms. The third-order valence-corrected chi connectivity index (χ3v) is 5.85. The third kappa shape index (κ3) is 4.51. The molecule has 7 heteroatoms. The first-order chi connectivity index (χ1) is 14.5. The number of hydrogen-bond donors (Lipinski definition) is 1. The van der Waals surface area contributed by atoms with Gasteiger partial charge in [-0.15, -0.1) is 0 Å². The van der Waals surface area contributed by atoms with Crippen molar-refractivity contribution >= 4 is 28.9 Å². The molecule has 1 saturated heterocycles. The van der Waals surface area contributed by atoms with Crippen LogP contribution in [0.3, 0.4) is 0 Å². The molecule has 156 valence electrons. The Bertz CT molecular complexity index is 990. The van der Waals surface area contributed by atoms with Gasteiger partial charge < -0.3 is 19.5 Å². The lowest BCUT2D eigenvalue weighted by atomic mass is 10.0. The number of aromatic nitrogens is 1. The number of hydrogen-bond acceptors (Lipinski definition) is 4. The van der Waals surface area contributed by atoms with Gasteiger partial charge in [-0.2, -0.15) is 0 Å². The molecule has 0 bridgehead atoms. The highest BCUT2D eigenvalue weighted by Crippen LogP contribution is 2.40. The van der Waals surface area contributed by atoms with Gasteiger partial charge in [0.15, 0.2) is 5.11 Å². The fourth-order valence-corrected chi connectivity index (χ4v) is 4.25. The summed E-state index contributed by atoms with van der Waals surface area (Å²) in [6.45, 7) is 1.84. The van der Waals surface area contributed by atoms with E-state index in [4.69, 9.17) is 28.2 Å². The molecule has 1 N–H and O–H groups in total. The minimum atomic E-state index is -0.0673. The highest BCUT2D eigenvalue weighted by atomic mass is 35.5. The molecule has 1 aliphatic heterocycles. The molecule has 4 rings (SSSR count). The van der Waals surface area contributed by atoms with E-state index in [-0.39, 0.29) is 12.1 Å².